The first-order valence-corrected chi connectivity index (χ1v) is 6.81. The van der Waals surface area contributed by atoms with Gasteiger partial charge in [-0.3, -0.25) is 15.1 Å². The fourth-order valence-corrected chi connectivity index (χ4v) is 1.54. The number of non-ortho nitro benzene ring substituents is 1. The third-order valence-corrected chi connectivity index (χ3v) is 2.47. The molecule has 0 amide bonds. The lowest BCUT2D eigenvalue weighted by Crippen LogP contribution is -2.45. The normalized spacial score (nSPS) is 13.0. The van der Waals surface area contributed by atoms with Gasteiger partial charge in [-0.2, -0.15) is 0 Å². The van der Waals surface area contributed by atoms with Gasteiger partial charge in [0.25, 0.3) is 5.69 Å². The van der Waals surface area contributed by atoms with Gasteiger partial charge in [-0.25, -0.2) is 0 Å². The molecule has 0 aliphatic heterocycles. The van der Waals surface area contributed by atoms with Crippen LogP contribution in [0.2, 0.25) is 0 Å². The molecule has 1 atom stereocenters. The second kappa shape index (κ2) is 9.50. The quantitative estimate of drug-likeness (QED) is 0.204. The van der Waals surface area contributed by atoms with Gasteiger partial charge in [0.2, 0.25) is 0 Å². The van der Waals surface area contributed by atoms with Crippen LogP contribution in [-0.4, -0.2) is 40.8 Å². The maximum Gasteiger partial charge on any atom is 0.269 e. The van der Waals surface area contributed by atoms with Gasteiger partial charge in [0.05, 0.1) is 11.5 Å². The molecule has 0 aliphatic rings. The number of rotatable bonds is 6. The van der Waals surface area contributed by atoms with E-state index in [2.05, 4.69) is 10.3 Å². The maximum atomic E-state index is 10.5. The standard InChI is InChI=1S/C14H22N4O4.HI/c1-14(2,3)17-13(15)16-8-11(19)9-22-12-6-4-10(5-7-12)18(20)21;/h4-7,11,19H,8-9H2,1-3H3,(H3,15,16,17);1H. The highest BCUT2D eigenvalue weighted by atomic mass is 127. The molecule has 1 rings (SSSR count). The Morgan fingerprint density at radius 1 is 1.43 bits per heavy atom. The lowest BCUT2D eigenvalue weighted by Gasteiger charge is -2.21. The summed E-state index contributed by atoms with van der Waals surface area (Å²) in [6.07, 6.45) is -0.824. The van der Waals surface area contributed by atoms with Crippen LogP contribution in [0.15, 0.2) is 29.3 Å². The van der Waals surface area contributed by atoms with Crippen molar-refractivity contribution in [3.05, 3.63) is 34.4 Å². The zero-order valence-corrected chi connectivity index (χ0v) is 15.7. The van der Waals surface area contributed by atoms with Crippen LogP contribution in [0.25, 0.3) is 0 Å². The van der Waals surface area contributed by atoms with Crippen LogP contribution in [0.1, 0.15) is 20.8 Å². The summed E-state index contributed by atoms with van der Waals surface area (Å²) < 4.78 is 5.33. The van der Waals surface area contributed by atoms with Crippen molar-refractivity contribution in [1.29, 1.82) is 0 Å². The first kappa shape index (κ1) is 21.4. The molecule has 9 heteroatoms. The van der Waals surface area contributed by atoms with Gasteiger partial charge < -0.3 is 20.9 Å². The van der Waals surface area contributed by atoms with E-state index in [1.54, 1.807) is 0 Å². The van der Waals surface area contributed by atoms with Crippen molar-refractivity contribution in [3.8, 4) is 5.75 Å². The summed E-state index contributed by atoms with van der Waals surface area (Å²) in [6, 6.07) is 5.63. The third kappa shape index (κ3) is 9.18. The number of nitrogens with zero attached hydrogens (tertiary/aromatic N) is 2. The summed E-state index contributed by atoms with van der Waals surface area (Å²) in [6.45, 7) is 5.96. The van der Waals surface area contributed by atoms with Crippen molar-refractivity contribution in [2.75, 3.05) is 13.2 Å². The van der Waals surface area contributed by atoms with Gasteiger partial charge in [0.15, 0.2) is 5.96 Å². The second-order valence-corrected chi connectivity index (χ2v) is 5.82. The number of ether oxygens (including phenoxy) is 1. The average molecular weight is 438 g/mol. The van der Waals surface area contributed by atoms with Crippen LogP contribution >= 0.6 is 24.0 Å². The molecule has 0 heterocycles. The highest BCUT2D eigenvalue weighted by Crippen LogP contribution is 2.17. The summed E-state index contributed by atoms with van der Waals surface area (Å²) in [5.74, 6) is 0.691. The molecule has 0 bridgehead atoms. The molecule has 8 nitrogen and oxygen atoms in total. The molecule has 0 fully saturated rings. The van der Waals surface area contributed by atoms with E-state index in [9.17, 15) is 15.2 Å². The Morgan fingerprint density at radius 3 is 2.48 bits per heavy atom. The Labute approximate surface area is 152 Å². The van der Waals surface area contributed by atoms with E-state index >= 15 is 0 Å². The minimum atomic E-state index is -0.824. The van der Waals surface area contributed by atoms with Crippen molar-refractivity contribution in [2.45, 2.75) is 32.4 Å². The van der Waals surface area contributed by atoms with Gasteiger partial charge in [-0.1, -0.05) is 0 Å². The third-order valence-electron chi connectivity index (χ3n) is 2.47. The SMILES string of the molecule is CC(C)(C)NC(N)=NCC(O)COc1ccc([N+](=O)[O-])cc1.I. The van der Waals surface area contributed by atoms with E-state index in [1.165, 1.54) is 24.3 Å². The van der Waals surface area contributed by atoms with Crippen LogP contribution in [0, 0.1) is 10.1 Å². The number of nitro groups is 1. The number of hydrogen-bond acceptors (Lipinski definition) is 5. The van der Waals surface area contributed by atoms with Gasteiger partial charge in [0, 0.05) is 17.7 Å². The van der Waals surface area contributed by atoms with E-state index in [0.29, 0.717) is 5.75 Å². The van der Waals surface area contributed by atoms with Crippen LogP contribution in [0.4, 0.5) is 5.69 Å². The molecule has 0 radical (unpaired) electrons. The summed E-state index contributed by atoms with van der Waals surface area (Å²) in [5, 5.41) is 23.3. The number of nitrogens with one attached hydrogen (secondary N) is 1. The molecule has 1 aromatic carbocycles. The Bertz CT molecular complexity index is 529. The number of hydrogen-bond donors (Lipinski definition) is 3. The molecule has 1 aromatic rings. The first-order chi connectivity index (χ1) is 10.2. The molecule has 0 aliphatic carbocycles. The van der Waals surface area contributed by atoms with E-state index in [-0.39, 0.29) is 54.3 Å². The molecule has 4 N–H and O–H groups in total. The van der Waals surface area contributed by atoms with Crippen LogP contribution in [0.5, 0.6) is 5.75 Å². The molecule has 1 unspecified atom stereocenters. The Balaban J connectivity index is 0.00000484. The predicted molar refractivity (Wildman–Crippen MR) is 99.4 cm³/mol. The van der Waals surface area contributed by atoms with E-state index < -0.39 is 11.0 Å². The summed E-state index contributed by atoms with van der Waals surface area (Å²) >= 11 is 0. The van der Waals surface area contributed by atoms with Crippen molar-refractivity contribution in [1.82, 2.24) is 5.32 Å². The topological polar surface area (TPSA) is 123 Å². The van der Waals surface area contributed by atoms with E-state index in [0.717, 1.165) is 0 Å². The number of benzene rings is 1. The van der Waals surface area contributed by atoms with Gasteiger partial charge in [-0.05, 0) is 32.9 Å². The number of aliphatic hydroxyl groups is 1. The number of nitrogens with two attached hydrogens (primary N) is 1. The summed E-state index contributed by atoms with van der Waals surface area (Å²) in [4.78, 5) is 14.1. The second-order valence-electron chi connectivity index (χ2n) is 5.82. The van der Waals surface area contributed by atoms with Crippen LogP contribution < -0.4 is 15.8 Å². The molecule has 0 saturated heterocycles. The molecular formula is C14H23IN4O4. The highest BCUT2D eigenvalue weighted by molar-refractivity contribution is 14.0. The number of nitro benzene ring substituents is 1. The fourth-order valence-electron chi connectivity index (χ4n) is 1.54. The lowest BCUT2D eigenvalue weighted by atomic mass is 10.1. The number of halogens is 1. The fraction of sp³-hybridized carbons (Fsp3) is 0.500. The largest absolute Gasteiger partial charge is 0.491 e. The molecule has 0 spiro atoms. The molecule has 130 valence electrons. The van der Waals surface area contributed by atoms with Crippen LogP contribution in [0.3, 0.4) is 0 Å². The minimum absolute atomic E-state index is 0. The molecule has 0 aromatic heterocycles. The minimum Gasteiger partial charge on any atom is -0.491 e. The maximum absolute atomic E-state index is 10.5. The number of aliphatic imine (C=N–C) groups is 1. The smallest absolute Gasteiger partial charge is 0.269 e. The van der Waals surface area contributed by atoms with Crippen molar-refractivity contribution in [3.63, 3.8) is 0 Å². The van der Waals surface area contributed by atoms with Gasteiger partial charge in [-0.15, -0.1) is 24.0 Å². The average Bonchev–Trinajstić information content (AvgIpc) is 2.41. The Hall–Kier alpha value is -1.62. The summed E-state index contributed by atoms with van der Waals surface area (Å²) in [5.41, 5.74) is 5.47. The summed E-state index contributed by atoms with van der Waals surface area (Å²) in [7, 11) is 0. The zero-order chi connectivity index (χ0) is 16.8. The monoisotopic (exact) mass is 438 g/mol. The predicted octanol–water partition coefficient (Wildman–Crippen LogP) is 1.66. The van der Waals surface area contributed by atoms with E-state index in [4.69, 9.17) is 10.5 Å². The first-order valence-electron chi connectivity index (χ1n) is 6.81. The lowest BCUT2D eigenvalue weighted by molar-refractivity contribution is -0.384. The Morgan fingerprint density at radius 2 is 2.00 bits per heavy atom. The number of aliphatic hydroxyl groups excluding tert-OH is 1. The molecule has 0 saturated carbocycles. The highest BCUT2D eigenvalue weighted by Gasteiger charge is 2.11. The van der Waals surface area contributed by atoms with Gasteiger partial charge in [0.1, 0.15) is 18.5 Å². The van der Waals surface area contributed by atoms with Crippen molar-refractivity contribution < 1.29 is 14.8 Å². The van der Waals surface area contributed by atoms with Crippen molar-refractivity contribution in [2.24, 2.45) is 10.7 Å². The number of guanidine groups is 1. The zero-order valence-electron chi connectivity index (χ0n) is 13.4. The van der Waals surface area contributed by atoms with Gasteiger partial charge >= 0.3 is 0 Å². The Kier molecular flexibility index (Phi) is 8.83. The molecule has 23 heavy (non-hydrogen) atoms. The molecular weight excluding hydrogens is 415 g/mol. The van der Waals surface area contributed by atoms with Crippen molar-refractivity contribution >= 4 is 35.6 Å². The van der Waals surface area contributed by atoms with Crippen LogP contribution in [-0.2, 0) is 0 Å². The van der Waals surface area contributed by atoms with E-state index in [1.807, 2.05) is 20.8 Å².